The van der Waals surface area contributed by atoms with Crippen LogP contribution in [0.15, 0.2) is 18.2 Å². The number of hydrogen-bond acceptors (Lipinski definition) is 3. The van der Waals surface area contributed by atoms with E-state index < -0.39 is 0 Å². The van der Waals surface area contributed by atoms with Gasteiger partial charge in [-0.25, -0.2) is 0 Å². The van der Waals surface area contributed by atoms with Crippen molar-refractivity contribution in [2.24, 2.45) is 5.41 Å². The van der Waals surface area contributed by atoms with E-state index >= 15 is 0 Å². The summed E-state index contributed by atoms with van der Waals surface area (Å²) in [5, 5.41) is 0. The molecule has 1 amide bonds. The van der Waals surface area contributed by atoms with Gasteiger partial charge in [0.2, 0.25) is 0 Å². The lowest BCUT2D eigenvalue weighted by Gasteiger charge is -2.38. The Morgan fingerprint density at radius 3 is 2.52 bits per heavy atom. The Morgan fingerprint density at radius 2 is 1.95 bits per heavy atom. The smallest absolute Gasteiger partial charge is 0.256 e. The lowest BCUT2D eigenvalue weighted by molar-refractivity contribution is 0.0636. The molecule has 2 N–H and O–H groups in total. The van der Waals surface area contributed by atoms with Gasteiger partial charge in [-0.05, 0) is 43.2 Å². The molecule has 0 aliphatic heterocycles. The number of rotatable bonds is 3. The van der Waals surface area contributed by atoms with Gasteiger partial charge in [-0.1, -0.05) is 19.9 Å². The number of ether oxygens (including phenoxy) is 1. The van der Waals surface area contributed by atoms with Crippen LogP contribution in [0.1, 0.15) is 49.9 Å². The number of hydrogen-bond donors (Lipinski definition) is 1. The standard InChI is InChI=1S/C17H26N2O2/c1-17(2)10-8-12(9-11-17)19(3)16(20)13-6-5-7-14(21-4)15(13)18/h5-7,12H,8-11,18H2,1-4H3. The summed E-state index contributed by atoms with van der Waals surface area (Å²) in [6.07, 6.45) is 4.42. The lowest BCUT2D eigenvalue weighted by atomic mass is 9.75. The van der Waals surface area contributed by atoms with Gasteiger partial charge in [0.05, 0.1) is 18.4 Å². The number of anilines is 1. The maximum absolute atomic E-state index is 12.7. The van der Waals surface area contributed by atoms with E-state index in [1.807, 2.05) is 11.9 Å². The highest BCUT2D eigenvalue weighted by molar-refractivity contribution is 6.00. The van der Waals surface area contributed by atoms with Crippen LogP contribution in [0.25, 0.3) is 0 Å². The van der Waals surface area contributed by atoms with Gasteiger partial charge in [-0.2, -0.15) is 0 Å². The van der Waals surface area contributed by atoms with Crippen LogP contribution in [0.4, 0.5) is 5.69 Å². The van der Waals surface area contributed by atoms with Crippen LogP contribution in [-0.4, -0.2) is 31.0 Å². The second-order valence-electron chi connectivity index (χ2n) is 6.73. The minimum Gasteiger partial charge on any atom is -0.495 e. The first-order valence-electron chi connectivity index (χ1n) is 7.55. The second kappa shape index (κ2) is 5.96. The molecule has 0 heterocycles. The van der Waals surface area contributed by atoms with E-state index in [4.69, 9.17) is 10.5 Å². The predicted molar refractivity (Wildman–Crippen MR) is 85.5 cm³/mol. The maximum Gasteiger partial charge on any atom is 0.256 e. The molecule has 0 aromatic heterocycles. The van der Waals surface area contributed by atoms with E-state index in [0.717, 1.165) is 25.7 Å². The van der Waals surface area contributed by atoms with Crippen molar-refractivity contribution in [2.45, 2.75) is 45.6 Å². The van der Waals surface area contributed by atoms with Gasteiger partial charge in [0.25, 0.3) is 5.91 Å². The number of amides is 1. The van der Waals surface area contributed by atoms with Gasteiger partial charge in [0.1, 0.15) is 5.75 Å². The first-order chi connectivity index (χ1) is 9.85. The Labute approximate surface area is 127 Å². The normalized spacial score (nSPS) is 18.3. The molecule has 21 heavy (non-hydrogen) atoms. The number of nitrogen functional groups attached to an aromatic ring is 1. The van der Waals surface area contributed by atoms with Crippen molar-refractivity contribution in [3.05, 3.63) is 23.8 Å². The number of carbonyl (C=O) groups excluding carboxylic acids is 1. The Kier molecular flexibility index (Phi) is 4.45. The van der Waals surface area contributed by atoms with Crippen molar-refractivity contribution in [2.75, 3.05) is 19.9 Å². The van der Waals surface area contributed by atoms with Crippen molar-refractivity contribution in [1.82, 2.24) is 4.90 Å². The molecular weight excluding hydrogens is 264 g/mol. The Morgan fingerprint density at radius 1 is 1.33 bits per heavy atom. The molecule has 0 saturated heterocycles. The molecule has 1 aromatic carbocycles. The Bertz CT molecular complexity index is 516. The summed E-state index contributed by atoms with van der Waals surface area (Å²) in [6.45, 7) is 4.59. The molecule has 0 atom stereocenters. The zero-order chi connectivity index (χ0) is 15.6. The highest BCUT2D eigenvalue weighted by atomic mass is 16.5. The fourth-order valence-corrected chi connectivity index (χ4v) is 3.04. The van der Waals surface area contributed by atoms with Gasteiger partial charge in [0, 0.05) is 13.1 Å². The molecule has 0 bridgehead atoms. The third-order valence-corrected chi connectivity index (χ3v) is 4.69. The zero-order valence-electron chi connectivity index (χ0n) is 13.5. The van der Waals surface area contributed by atoms with Crippen LogP contribution < -0.4 is 10.5 Å². The summed E-state index contributed by atoms with van der Waals surface area (Å²) in [5.41, 5.74) is 7.38. The number of benzene rings is 1. The minimum atomic E-state index is -0.0175. The molecule has 2 rings (SSSR count). The van der Waals surface area contributed by atoms with Gasteiger partial charge >= 0.3 is 0 Å². The molecule has 4 nitrogen and oxygen atoms in total. The molecule has 0 unspecified atom stereocenters. The highest BCUT2D eigenvalue weighted by Crippen LogP contribution is 2.37. The number of nitrogens with zero attached hydrogens (tertiary/aromatic N) is 1. The molecule has 0 radical (unpaired) electrons. The summed E-state index contributed by atoms with van der Waals surface area (Å²) < 4.78 is 5.19. The number of nitrogens with two attached hydrogens (primary N) is 1. The van der Waals surface area contributed by atoms with Crippen molar-refractivity contribution in [3.8, 4) is 5.75 Å². The molecule has 1 aliphatic carbocycles. The second-order valence-corrected chi connectivity index (χ2v) is 6.73. The Hall–Kier alpha value is -1.71. The maximum atomic E-state index is 12.7. The summed E-state index contributed by atoms with van der Waals surface area (Å²) >= 11 is 0. The molecule has 4 heteroatoms. The average Bonchev–Trinajstić information content (AvgIpc) is 2.46. The van der Waals surface area contributed by atoms with Crippen LogP contribution in [0.3, 0.4) is 0 Å². The van der Waals surface area contributed by atoms with Gasteiger partial charge < -0.3 is 15.4 Å². The third kappa shape index (κ3) is 3.31. The topological polar surface area (TPSA) is 55.6 Å². The Balaban J connectivity index is 2.13. The highest BCUT2D eigenvalue weighted by Gasteiger charge is 2.31. The number of para-hydroxylation sites is 1. The SMILES string of the molecule is COc1cccc(C(=O)N(C)C2CCC(C)(C)CC2)c1N. The lowest BCUT2D eigenvalue weighted by Crippen LogP contribution is -2.41. The number of carbonyl (C=O) groups is 1. The summed E-state index contributed by atoms with van der Waals surface area (Å²) in [5.74, 6) is 0.537. The molecule has 1 saturated carbocycles. The van der Waals surface area contributed by atoms with Crippen molar-refractivity contribution in [1.29, 1.82) is 0 Å². The van der Waals surface area contributed by atoms with Gasteiger partial charge in [-0.15, -0.1) is 0 Å². The van der Waals surface area contributed by atoms with Crippen LogP contribution in [-0.2, 0) is 0 Å². The third-order valence-electron chi connectivity index (χ3n) is 4.69. The molecule has 0 spiro atoms. The van der Waals surface area contributed by atoms with E-state index in [-0.39, 0.29) is 5.91 Å². The zero-order valence-corrected chi connectivity index (χ0v) is 13.5. The van der Waals surface area contributed by atoms with Crippen LogP contribution in [0.2, 0.25) is 0 Å². The average molecular weight is 290 g/mol. The first kappa shape index (κ1) is 15.7. The van der Waals surface area contributed by atoms with Gasteiger partial charge in [-0.3, -0.25) is 4.79 Å². The molecule has 1 aromatic rings. The van der Waals surface area contributed by atoms with Crippen LogP contribution in [0, 0.1) is 5.41 Å². The monoisotopic (exact) mass is 290 g/mol. The van der Waals surface area contributed by atoms with Crippen molar-refractivity contribution in [3.63, 3.8) is 0 Å². The molecule has 1 aliphatic rings. The van der Waals surface area contributed by atoms with E-state index in [9.17, 15) is 4.79 Å². The first-order valence-corrected chi connectivity index (χ1v) is 7.55. The quantitative estimate of drug-likeness (QED) is 0.869. The van der Waals surface area contributed by atoms with E-state index in [0.29, 0.717) is 28.5 Å². The summed E-state index contributed by atoms with van der Waals surface area (Å²) in [4.78, 5) is 14.5. The van der Waals surface area contributed by atoms with E-state index in [2.05, 4.69) is 13.8 Å². The molecular formula is C17H26N2O2. The summed E-state index contributed by atoms with van der Waals surface area (Å²) in [7, 11) is 3.44. The fourth-order valence-electron chi connectivity index (χ4n) is 3.04. The van der Waals surface area contributed by atoms with Crippen molar-refractivity contribution >= 4 is 11.6 Å². The van der Waals surface area contributed by atoms with Crippen molar-refractivity contribution < 1.29 is 9.53 Å². The minimum absolute atomic E-state index is 0.0175. The number of methoxy groups -OCH3 is 1. The van der Waals surface area contributed by atoms with Gasteiger partial charge in [0.15, 0.2) is 0 Å². The molecule has 1 fully saturated rings. The van der Waals surface area contributed by atoms with E-state index in [1.54, 1.807) is 25.3 Å². The largest absolute Gasteiger partial charge is 0.495 e. The summed E-state index contributed by atoms with van der Waals surface area (Å²) in [6, 6.07) is 5.65. The predicted octanol–water partition coefficient (Wildman–Crippen LogP) is 3.32. The van der Waals surface area contributed by atoms with Crippen LogP contribution >= 0.6 is 0 Å². The fraction of sp³-hybridized carbons (Fsp3) is 0.588. The van der Waals surface area contributed by atoms with E-state index in [1.165, 1.54) is 0 Å². The molecule has 116 valence electrons. The van der Waals surface area contributed by atoms with Crippen LogP contribution in [0.5, 0.6) is 5.75 Å².